The normalized spacial score (nSPS) is 22.2. The van der Waals surface area contributed by atoms with Crippen molar-refractivity contribution in [1.29, 1.82) is 0 Å². The molecular formula is C16H21FN4O3S. The van der Waals surface area contributed by atoms with E-state index in [1.54, 1.807) is 6.07 Å². The SMILES string of the molecule is CC1CN(S(=O)(=O)CCNc2ncnc3cc(F)ccc23)CC(C)O1. The van der Waals surface area contributed by atoms with Crippen molar-refractivity contribution in [1.82, 2.24) is 14.3 Å². The highest BCUT2D eigenvalue weighted by Gasteiger charge is 2.30. The molecule has 1 fully saturated rings. The highest BCUT2D eigenvalue weighted by molar-refractivity contribution is 7.89. The fraction of sp³-hybridized carbons (Fsp3) is 0.500. The minimum atomic E-state index is -3.39. The molecule has 1 saturated heterocycles. The molecule has 1 N–H and O–H groups in total. The molecule has 1 aliphatic rings. The minimum Gasteiger partial charge on any atom is -0.373 e. The first-order valence-corrected chi connectivity index (χ1v) is 9.73. The summed E-state index contributed by atoms with van der Waals surface area (Å²) in [5.41, 5.74) is 0.469. The van der Waals surface area contributed by atoms with Crippen molar-refractivity contribution >= 4 is 26.7 Å². The van der Waals surface area contributed by atoms with E-state index < -0.39 is 10.0 Å². The van der Waals surface area contributed by atoms with E-state index in [9.17, 15) is 12.8 Å². The number of sulfonamides is 1. The van der Waals surface area contributed by atoms with Gasteiger partial charge in [0.15, 0.2) is 0 Å². The van der Waals surface area contributed by atoms with Gasteiger partial charge in [-0.15, -0.1) is 0 Å². The van der Waals surface area contributed by atoms with Crippen molar-refractivity contribution in [2.24, 2.45) is 0 Å². The topological polar surface area (TPSA) is 84.4 Å². The van der Waals surface area contributed by atoms with E-state index in [0.29, 0.717) is 29.8 Å². The van der Waals surface area contributed by atoms with Crippen LogP contribution in [0.2, 0.25) is 0 Å². The van der Waals surface area contributed by atoms with Crippen LogP contribution in [-0.2, 0) is 14.8 Å². The summed E-state index contributed by atoms with van der Waals surface area (Å²) in [6.45, 7) is 4.65. The zero-order valence-corrected chi connectivity index (χ0v) is 15.0. The predicted octanol–water partition coefficient (Wildman–Crippen LogP) is 1.62. The molecule has 25 heavy (non-hydrogen) atoms. The van der Waals surface area contributed by atoms with E-state index in [4.69, 9.17) is 4.74 Å². The van der Waals surface area contributed by atoms with Gasteiger partial charge in [-0.2, -0.15) is 4.31 Å². The highest BCUT2D eigenvalue weighted by Crippen LogP contribution is 2.20. The average molecular weight is 368 g/mol. The molecule has 0 radical (unpaired) electrons. The van der Waals surface area contributed by atoms with Gasteiger partial charge in [-0.25, -0.2) is 22.8 Å². The molecule has 2 aromatic rings. The molecule has 7 nitrogen and oxygen atoms in total. The number of anilines is 1. The van der Waals surface area contributed by atoms with Gasteiger partial charge in [0.1, 0.15) is 18.0 Å². The maximum Gasteiger partial charge on any atom is 0.216 e. The van der Waals surface area contributed by atoms with Crippen LogP contribution in [0.5, 0.6) is 0 Å². The van der Waals surface area contributed by atoms with Crippen LogP contribution in [0.3, 0.4) is 0 Å². The van der Waals surface area contributed by atoms with Crippen molar-refractivity contribution in [2.75, 3.05) is 30.7 Å². The van der Waals surface area contributed by atoms with E-state index in [0.717, 1.165) is 0 Å². The number of aromatic nitrogens is 2. The smallest absolute Gasteiger partial charge is 0.216 e. The van der Waals surface area contributed by atoms with E-state index in [-0.39, 0.29) is 30.3 Å². The number of halogens is 1. The van der Waals surface area contributed by atoms with E-state index in [2.05, 4.69) is 15.3 Å². The van der Waals surface area contributed by atoms with Crippen molar-refractivity contribution in [3.63, 3.8) is 0 Å². The van der Waals surface area contributed by atoms with Crippen LogP contribution in [-0.4, -0.2) is 60.3 Å². The molecule has 0 bridgehead atoms. The van der Waals surface area contributed by atoms with Gasteiger partial charge in [0.2, 0.25) is 10.0 Å². The number of ether oxygens (including phenoxy) is 1. The minimum absolute atomic E-state index is 0.0564. The van der Waals surface area contributed by atoms with Gasteiger partial charge in [0, 0.05) is 31.1 Å². The van der Waals surface area contributed by atoms with Gasteiger partial charge in [0.25, 0.3) is 0 Å². The van der Waals surface area contributed by atoms with Crippen LogP contribution in [0.15, 0.2) is 24.5 Å². The number of nitrogens with zero attached hydrogens (tertiary/aromatic N) is 3. The van der Waals surface area contributed by atoms with Gasteiger partial charge in [-0.05, 0) is 26.0 Å². The molecule has 0 spiro atoms. The van der Waals surface area contributed by atoms with Gasteiger partial charge >= 0.3 is 0 Å². The number of benzene rings is 1. The number of rotatable bonds is 5. The highest BCUT2D eigenvalue weighted by atomic mass is 32.2. The van der Waals surface area contributed by atoms with Crippen LogP contribution in [0, 0.1) is 5.82 Å². The standard InChI is InChI=1S/C16H21FN4O3S/c1-11-8-21(9-12(2)24-11)25(22,23)6-5-18-16-14-4-3-13(17)7-15(14)19-10-20-16/h3-4,7,10-12H,5-6,8-9H2,1-2H3,(H,18,19,20). The summed E-state index contributed by atoms with van der Waals surface area (Å²) in [4.78, 5) is 8.14. The molecule has 0 aliphatic carbocycles. The number of nitrogens with one attached hydrogen (secondary N) is 1. The first-order valence-electron chi connectivity index (χ1n) is 8.12. The Morgan fingerprint density at radius 2 is 2.00 bits per heavy atom. The molecule has 1 aliphatic heterocycles. The summed E-state index contributed by atoms with van der Waals surface area (Å²) in [6, 6.07) is 4.21. The summed E-state index contributed by atoms with van der Waals surface area (Å²) in [6.07, 6.45) is 1.09. The third-order valence-corrected chi connectivity index (χ3v) is 5.84. The third kappa shape index (κ3) is 4.23. The number of hydrogen-bond donors (Lipinski definition) is 1. The average Bonchev–Trinajstić information content (AvgIpc) is 2.53. The maximum atomic E-state index is 13.3. The fourth-order valence-electron chi connectivity index (χ4n) is 2.96. The number of hydrogen-bond acceptors (Lipinski definition) is 6. The van der Waals surface area contributed by atoms with Crippen molar-refractivity contribution in [3.8, 4) is 0 Å². The predicted molar refractivity (Wildman–Crippen MR) is 93.4 cm³/mol. The summed E-state index contributed by atoms with van der Waals surface area (Å²) >= 11 is 0. The van der Waals surface area contributed by atoms with E-state index in [1.807, 2.05) is 13.8 Å². The van der Waals surface area contributed by atoms with Crippen molar-refractivity contribution in [3.05, 3.63) is 30.3 Å². The zero-order valence-electron chi connectivity index (χ0n) is 14.1. The summed E-state index contributed by atoms with van der Waals surface area (Å²) in [5.74, 6) is 0.0540. The lowest BCUT2D eigenvalue weighted by molar-refractivity contribution is -0.0440. The van der Waals surface area contributed by atoms with Crippen molar-refractivity contribution < 1.29 is 17.5 Å². The van der Waals surface area contributed by atoms with E-state index in [1.165, 1.54) is 22.8 Å². The number of morpholine rings is 1. The second-order valence-corrected chi connectivity index (χ2v) is 8.29. The first-order chi connectivity index (χ1) is 11.8. The summed E-state index contributed by atoms with van der Waals surface area (Å²) < 4.78 is 45.4. The molecule has 0 amide bonds. The molecular weight excluding hydrogens is 347 g/mol. The Morgan fingerprint density at radius 3 is 2.72 bits per heavy atom. The van der Waals surface area contributed by atoms with Crippen LogP contribution in [0.4, 0.5) is 10.2 Å². The second kappa shape index (κ2) is 7.19. The van der Waals surface area contributed by atoms with Gasteiger partial charge in [0.05, 0.1) is 23.5 Å². The zero-order chi connectivity index (χ0) is 18.0. The lowest BCUT2D eigenvalue weighted by Crippen LogP contribution is -2.49. The van der Waals surface area contributed by atoms with Crippen LogP contribution >= 0.6 is 0 Å². The molecule has 3 rings (SSSR count). The quantitative estimate of drug-likeness (QED) is 0.863. The monoisotopic (exact) mass is 368 g/mol. The molecule has 136 valence electrons. The first kappa shape index (κ1) is 18.0. The lowest BCUT2D eigenvalue weighted by atomic mass is 10.2. The Kier molecular flexibility index (Phi) is 5.16. The Balaban J connectivity index is 1.66. The Labute approximate surface area is 146 Å². The Hall–Kier alpha value is -1.84. The molecule has 2 unspecified atom stereocenters. The van der Waals surface area contributed by atoms with Crippen LogP contribution in [0.1, 0.15) is 13.8 Å². The lowest BCUT2D eigenvalue weighted by Gasteiger charge is -2.34. The molecule has 1 aromatic carbocycles. The molecule has 0 saturated carbocycles. The summed E-state index contributed by atoms with van der Waals surface area (Å²) in [5, 5.41) is 3.66. The molecule has 2 heterocycles. The fourth-order valence-corrected chi connectivity index (χ4v) is 4.45. The summed E-state index contributed by atoms with van der Waals surface area (Å²) in [7, 11) is -3.39. The van der Waals surface area contributed by atoms with Crippen LogP contribution in [0.25, 0.3) is 10.9 Å². The largest absolute Gasteiger partial charge is 0.373 e. The second-order valence-electron chi connectivity index (χ2n) is 6.20. The molecule has 9 heteroatoms. The number of fused-ring (bicyclic) bond motifs is 1. The van der Waals surface area contributed by atoms with Gasteiger partial charge < -0.3 is 10.1 Å². The molecule has 2 atom stereocenters. The Morgan fingerprint density at radius 1 is 1.28 bits per heavy atom. The Bertz CT molecular complexity index is 852. The van der Waals surface area contributed by atoms with Crippen molar-refractivity contribution in [2.45, 2.75) is 26.1 Å². The van der Waals surface area contributed by atoms with Gasteiger partial charge in [-0.1, -0.05) is 0 Å². The van der Waals surface area contributed by atoms with Gasteiger partial charge in [-0.3, -0.25) is 0 Å². The maximum absolute atomic E-state index is 13.3. The van der Waals surface area contributed by atoms with E-state index >= 15 is 0 Å². The third-order valence-electron chi connectivity index (χ3n) is 4.03. The van der Waals surface area contributed by atoms with Crippen LogP contribution < -0.4 is 5.32 Å². The molecule has 1 aromatic heterocycles.